The number of carbonyl (C=O) groups is 2. The van der Waals surface area contributed by atoms with Gasteiger partial charge >= 0.3 is 12.1 Å². The van der Waals surface area contributed by atoms with Crippen LogP contribution >= 0.6 is 11.6 Å². The maximum atomic E-state index is 11.2. The highest BCUT2D eigenvalue weighted by Gasteiger charge is 2.20. The van der Waals surface area contributed by atoms with Crippen LogP contribution in [0.25, 0.3) is 0 Å². The number of methoxy groups -OCH3 is 2. The first-order chi connectivity index (χ1) is 7.15. The van der Waals surface area contributed by atoms with Crippen LogP contribution in [0.3, 0.4) is 0 Å². The van der Waals surface area contributed by atoms with E-state index in [9.17, 15) is 9.59 Å². The summed E-state index contributed by atoms with van der Waals surface area (Å²) in [6.45, 7) is 0. The van der Waals surface area contributed by atoms with Gasteiger partial charge in [0.05, 0.1) is 14.2 Å². The lowest BCUT2D eigenvalue weighted by Crippen LogP contribution is -2.41. The molecule has 5 nitrogen and oxygen atoms in total. The Morgan fingerprint density at radius 3 is 2.40 bits per heavy atom. The summed E-state index contributed by atoms with van der Waals surface area (Å²) in [5, 5.41) is 2.40. The van der Waals surface area contributed by atoms with E-state index in [4.69, 9.17) is 11.6 Å². The van der Waals surface area contributed by atoms with E-state index in [1.807, 2.05) is 0 Å². The summed E-state index contributed by atoms with van der Waals surface area (Å²) >= 11 is 5.50. The zero-order valence-corrected chi connectivity index (χ0v) is 9.67. The molecule has 0 aliphatic rings. The number of halogens is 1. The number of carbonyl (C=O) groups excluding carboxylic acids is 2. The number of ether oxygens (including phenoxy) is 2. The van der Waals surface area contributed by atoms with E-state index in [-0.39, 0.29) is 0 Å². The Morgan fingerprint density at radius 2 is 1.93 bits per heavy atom. The van der Waals surface area contributed by atoms with Crippen molar-refractivity contribution in [2.75, 3.05) is 20.1 Å². The van der Waals surface area contributed by atoms with Crippen molar-refractivity contribution in [1.82, 2.24) is 5.32 Å². The molecule has 88 valence electrons. The van der Waals surface area contributed by atoms with Gasteiger partial charge in [-0.05, 0) is 19.3 Å². The number of amides is 1. The van der Waals surface area contributed by atoms with E-state index in [1.165, 1.54) is 14.2 Å². The number of esters is 1. The van der Waals surface area contributed by atoms with Crippen LogP contribution in [-0.4, -0.2) is 38.2 Å². The molecule has 0 saturated heterocycles. The van der Waals surface area contributed by atoms with Gasteiger partial charge in [0, 0.05) is 5.88 Å². The zero-order chi connectivity index (χ0) is 11.7. The fraction of sp³-hybridized carbons (Fsp3) is 0.778. The first-order valence-corrected chi connectivity index (χ1v) is 5.17. The monoisotopic (exact) mass is 237 g/mol. The topological polar surface area (TPSA) is 64.6 Å². The Kier molecular flexibility index (Phi) is 7.81. The highest BCUT2D eigenvalue weighted by Crippen LogP contribution is 2.04. The Hall–Kier alpha value is -0.970. The summed E-state index contributed by atoms with van der Waals surface area (Å²) < 4.78 is 8.94. The number of alkyl carbamates (subject to hydrolysis) is 1. The molecule has 1 N–H and O–H groups in total. The largest absolute Gasteiger partial charge is 0.467 e. The summed E-state index contributed by atoms with van der Waals surface area (Å²) in [4.78, 5) is 22.1. The molecule has 1 amide bonds. The molecule has 1 unspecified atom stereocenters. The van der Waals surface area contributed by atoms with E-state index >= 15 is 0 Å². The maximum Gasteiger partial charge on any atom is 0.407 e. The molecule has 0 saturated carbocycles. The highest BCUT2D eigenvalue weighted by atomic mass is 35.5. The lowest BCUT2D eigenvalue weighted by atomic mass is 10.1. The van der Waals surface area contributed by atoms with Gasteiger partial charge in [-0.2, -0.15) is 0 Å². The molecule has 0 aliphatic heterocycles. The summed E-state index contributed by atoms with van der Waals surface area (Å²) in [6.07, 6.45) is 1.39. The van der Waals surface area contributed by atoms with Gasteiger partial charge in [-0.25, -0.2) is 9.59 Å². The van der Waals surface area contributed by atoms with Crippen molar-refractivity contribution >= 4 is 23.7 Å². The minimum atomic E-state index is -0.661. The summed E-state index contributed by atoms with van der Waals surface area (Å²) in [7, 11) is 2.51. The van der Waals surface area contributed by atoms with Crippen LogP contribution in [0.15, 0.2) is 0 Å². The fourth-order valence-electron chi connectivity index (χ4n) is 1.04. The second kappa shape index (κ2) is 8.35. The summed E-state index contributed by atoms with van der Waals surface area (Å²) in [5.74, 6) is 0.0570. The Balaban J connectivity index is 4.06. The van der Waals surface area contributed by atoms with Crippen LogP contribution in [0.5, 0.6) is 0 Å². The van der Waals surface area contributed by atoms with Crippen LogP contribution in [0.4, 0.5) is 4.79 Å². The van der Waals surface area contributed by atoms with Gasteiger partial charge in [0.25, 0.3) is 0 Å². The highest BCUT2D eigenvalue weighted by molar-refractivity contribution is 6.17. The average Bonchev–Trinajstić information content (AvgIpc) is 2.26. The van der Waals surface area contributed by atoms with Gasteiger partial charge in [0.2, 0.25) is 0 Å². The van der Waals surface area contributed by atoms with E-state index in [0.29, 0.717) is 12.3 Å². The van der Waals surface area contributed by atoms with Gasteiger partial charge in [-0.1, -0.05) is 0 Å². The quantitative estimate of drug-likeness (QED) is 0.430. The van der Waals surface area contributed by atoms with Crippen LogP contribution in [0.1, 0.15) is 19.3 Å². The van der Waals surface area contributed by atoms with Crippen molar-refractivity contribution in [3.05, 3.63) is 0 Å². The Bertz CT molecular complexity index is 210. The van der Waals surface area contributed by atoms with Crippen molar-refractivity contribution in [2.24, 2.45) is 0 Å². The molecule has 0 bridgehead atoms. The van der Waals surface area contributed by atoms with Crippen LogP contribution in [-0.2, 0) is 14.3 Å². The van der Waals surface area contributed by atoms with E-state index in [2.05, 4.69) is 14.8 Å². The SMILES string of the molecule is COC(=O)NC(CCCCCl)C(=O)OC. The molecular formula is C9H16ClNO4. The third kappa shape index (κ3) is 6.17. The van der Waals surface area contributed by atoms with E-state index < -0.39 is 18.1 Å². The Labute approximate surface area is 94.1 Å². The van der Waals surface area contributed by atoms with Crippen LogP contribution in [0.2, 0.25) is 0 Å². The lowest BCUT2D eigenvalue weighted by Gasteiger charge is -2.14. The molecule has 0 aromatic rings. The van der Waals surface area contributed by atoms with Crippen LogP contribution < -0.4 is 5.32 Å². The minimum absolute atomic E-state index is 0.477. The molecule has 0 aliphatic carbocycles. The number of rotatable bonds is 6. The molecule has 0 rings (SSSR count). The third-order valence-corrected chi connectivity index (χ3v) is 2.11. The Morgan fingerprint density at radius 1 is 1.27 bits per heavy atom. The zero-order valence-electron chi connectivity index (χ0n) is 8.92. The van der Waals surface area contributed by atoms with Crippen molar-refractivity contribution < 1.29 is 19.1 Å². The maximum absolute atomic E-state index is 11.2. The molecule has 0 heterocycles. The van der Waals surface area contributed by atoms with E-state index in [0.717, 1.165) is 12.8 Å². The average molecular weight is 238 g/mol. The molecular weight excluding hydrogens is 222 g/mol. The number of hydrogen-bond acceptors (Lipinski definition) is 4. The van der Waals surface area contributed by atoms with Gasteiger partial charge in [-0.3, -0.25) is 0 Å². The van der Waals surface area contributed by atoms with Crippen LogP contribution in [0, 0.1) is 0 Å². The number of hydrogen-bond donors (Lipinski definition) is 1. The lowest BCUT2D eigenvalue weighted by molar-refractivity contribution is -0.143. The fourth-order valence-corrected chi connectivity index (χ4v) is 1.22. The molecule has 6 heteroatoms. The predicted octanol–water partition coefficient (Wildman–Crippen LogP) is 1.29. The van der Waals surface area contributed by atoms with Gasteiger partial charge in [0.1, 0.15) is 6.04 Å². The van der Waals surface area contributed by atoms with Crippen molar-refractivity contribution in [3.63, 3.8) is 0 Å². The molecule has 0 radical (unpaired) electrons. The van der Waals surface area contributed by atoms with E-state index in [1.54, 1.807) is 0 Å². The normalized spacial score (nSPS) is 11.7. The van der Waals surface area contributed by atoms with Gasteiger partial charge in [0.15, 0.2) is 0 Å². The van der Waals surface area contributed by atoms with Crippen molar-refractivity contribution in [2.45, 2.75) is 25.3 Å². The predicted molar refractivity (Wildman–Crippen MR) is 55.9 cm³/mol. The minimum Gasteiger partial charge on any atom is -0.467 e. The molecule has 0 fully saturated rings. The van der Waals surface area contributed by atoms with Crippen molar-refractivity contribution in [1.29, 1.82) is 0 Å². The summed E-state index contributed by atoms with van der Waals surface area (Å²) in [5.41, 5.74) is 0. The van der Waals surface area contributed by atoms with Gasteiger partial charge in [-0.15, -0.1) is 11.6 Å². The number of nitrogens with one attached hydrogen (secondary N) is 1. The van der Waals surface area contributed by atoms with Crippen molar-refractivity contribution in [3.8, 4) is 0 Å². The summed E-state index contributed by atoms with van der Waals surface area (Å²) in [6, 6.07) is -0.661. The first-order valence-electron chi connectivity index (χ1n) is 4.64. The molecule has 0 aromatic heterocycles. The number of unbranched alkanes of at least 4 members (excludes halogenated alkanes) is 1. The second-order valence-electron chi connectivity index (χ2n) is 2.90. The molecule has 15 heavy (non-hydrogen) atoms. The molecule has 0 aromatic carbocycles. The first kappa shape index (κ1) is 14.0. The number of alkyl halides is 1. The van der Waals surface area contributed by atoms with Gasteiger partial charge < -0.3 is 14.8 Å². The third-order valence-electron chi connectivity index (χ3n) is 1.84. The smallest absolute Gasteiger partial charge is 0.407 e. The molecule has 0 spiro atoms. The molecule has 1 atom stereocenters. The second-order valence-corrected chi connectivity index (χ2v) is 3.27. The standard InChI is InChI=1S/C9H16ClNO4/c1-14-8(12)7(5-3-4-6-10)11-9(13)15-2/h7H,3-6H2,1-2H3,(H,11,13).